The molecule has 4 N–H and O–H groups in total. The van der Waals surface area contributed by atoms with Crippen molar-refractivity contribution in [1.82, 2.24) is 20.6 Å². The third-order valence-corrected chi connectivity index (χ3v) is 10.7. The summed E-state index contributed by atoms with van der Waals surface area (Å²) in [6, 6.07) is 4.07. The maximum Gasteiger partial charge on any atom is 0.326 e. The number of hydrogen-bond donors (Lipinski definition) is 4. The van der Waals surface area contributed by atoms with Crippen LogP contribution in [0.3, 0.4) is 0 Å². The average Bonchev–Trinajstić information content (AvgIpc) is 3.83. The number of methoxy groups -OCH3 is 1. The lowest BCUT2D eigenvalue weighted by Gasteiger charge is -2.43. The van der Waals surface area contributed by atoms with Crippen LogP contribution in [0.15, 0.2) is 24.4 Å². The zero-order valence-corrected chi connectivity index (χ0v) is 30.0. The molecule has 2 aliphatic carbocycles. The van der Waals surface area contributed by atoms with Crippen molar-refractivity contribution in [3.8, 4) is 5.75 Å². The van der Waals surface area contributed by atoms with Crippen LogP contribution in [-0.4, -0.2) is 77.6 Å². The Morgan fingerprint density at radius 1 is 1.08 bits per heavy atom. The summed E-state index contributed by atoms with van der Waals surface area (Å²) in [6.45, 7) is 6.32. The highest BCUT2D eigenvalue weighted by Crippen LogP contribution is 2.41. The molecule has 3 amide bonds. The lowest BCUT2D eigenvalue weighted by Crippen LogP contribution is -2.55. The topological polar surface area (TPSA) is 166 Å². The molecule has 2 saturated carbocycles. The third-order valence-electron chi connectivity index (χ3n) is 10.7. The molecule has 2 heterocycles. The number of anilines is 4. The zero-order valence-electron chi connectivity index (χ0n) is 30.0. The van der Waals surface area contributed by atoms with Gasteiger partial charge in [-0.1, -0.05) is 59.3 Å². The molecule has 0 radical (unpaired) electrons. The predicted molar refractivity (Wildman–Crippen MR) is 192 cm³/mol. The van der Waals surface area contributed by atoms with E-state index in [0.717, 1.165) is 57.2 Å². The zero-order chi connectivity index (χ0) is 35.9. The maximum absolute atomic E-state index is 13.2. The summed E-state index contributed by atoms with van der Waals surface area (Å²) in [7, 11) is 3.28. The standard InChI is InChI=1S/C37H53N7O6/c1-6-27-35(47)43(4)28-21-39-37(42-33(28)44(27)25-14-9-10-15-25)40-26-18-17-24(20-29(26)50-5)34(46)38-19-11-16-30(45)41-32(36(48)49)31(22(2)3)23-12-7-8-13-23/h17-18,20-23,25,27,31-32H,6-16,19H2,1-5H3,(H,38,46)(H,41,45)(H,48,49)(H,39,40,42)/t27-,31?,32+/m1/s1. The van der Waals surface area contributed by atoms with Crippen LogP contribution in [0.25, 0.3) is 0 Å². The van der Waals surface area contributed by atoms with Gasteiger partial charge in [-0.2, -0.15) is 4.98 Å². The summed E-state index contributed by atoms with van der Waals surface area (Å²) >= 11 is 0. The van der Waals surface area contributed by atoms with Gasteiger partial charge in [0.1, 0.15) is 23.5 Å². The van der Waals surface area contributed by atoms with Gasteiger partial charge in [0.2, 0.25) is 17.8 Å². The largest absolute Gasteiger partial charge is 0.495 e. The molecule has 2 aromatic rings. The monoisotopic (exact) mass is 691 g/mol. The Hall–Kier alpha value is -4.42. The van der Waals surface area contributed by atoms with E-state index in [2.05, 4.69) is 25.8 Å². The smallest absolute Gasteiger partial charge is 0.326 e. The highest BCUT2D eigenvalue weighted by Gasteiger charge is 2.41. The molecule has 272 valence electrons. The van der Waals surface area contributed by atoms with E-state index in [1.54, 1.807) is 36.3 Å². The molecule has 5 rings (SSSR count). The van der Waals surface area contributed by atoms with Crippen molar-refractivity contribution in [2.24, 2.45) is 17.8 Å². The molecule has 0 spiro atoms. The van der Waals surface area contributed by atoms with E-state index >= 15 is 0 Å². The van der Waals surface area contributed by atoms with Crippen molar-refractivity contribution in [1.29, 1.82) is 0 Å². The minimum absolute atomic E-state index is 0.0520. The summed E-state index contributed by atoms with van der Waals surface area (Å²) < 4.78 is 5.61. The second-order valence-electron chi connectivity index (χ2n) is 14.2. The van der Waals surface area contributed by atoms with E-state index in [0.29, 0.717) is 47.4 Å². The Morgan fingerprint density at radius 2 is 1.78 bits per heavy atom. The van der Waals surface area contributed by atoms with Crippen molar-refractivity contribution in [3.05, 3.63) is 30.0 Å². The number of carbonyl (C=O) groups is 4. The number of carbonyl (C=O) groups excluding carboxylic acids is 3. The van der Waals surface area contributed by atoms with Gasteiger partial charge >= 0.3 is 5.97 Å². The van der Waals surface area contributed by atoms with Gasteiger partial charge in [-0.25, -0.2) is 9.78 Å². The van der Waals surface area contributed by atoms with Gasteiger partial charge in [-0.3, -0.25) is 14.4 Å². The van der Waals surface area contributed by atoms with E-state index in [4.69, 9.17) is 9.72 Å². The van der Waals surface area contributed by atoms with Gasteiger partial charge in [0.25, 0.3) is 5.91 Å². The van der Waals surface area contributed by atoms with Gasteiger partial charge in [-0.05, 0) is 61.6 Å². The lowest BCUT2D eigenvalue weighted by molar-refractivity contribution is -0.145. The molecule has 0 bridgehead atoms. The lowest BCUT2D eigenvalue weighted by atomic mass is 9.77. The van der Waals surface area contributed by atoms with Gasteiger partial charge in [0.05, 0.1) is 19.0 Å². The number of hydrogen-bond acceptors (Lipinski definition) is 9. The van der Waals surface area contributed by atoms with E-state index in [-0.39, 0.29) is 54.6 Å². The number of rotatable bonds is 15. The quantitative estimate of drug-likeness (QED) is 0.181. The number of carboxylic acid groups (broad SMARTS) is 1. The Balaban J connectivity index is 1.19. The number of aliphatic carboxylic acids is 1. The van der Waals surface area contributed by atoms with Crippen LogP contribution in [0.4, 0.5) is 23.1 Å². The SMILES string of the molecule is CC[C@@H]1C(=O)N(C)c2cnc(Nc3ccc(C(=O)NCCCC(=O)N[C@H](C(=O)O)C(C(C)C)C4CCCC4)cc3OC)nc2N1C1CCCC1. The van der Waals surface area contributed by atoms with Gasteiger partial charge in [0, 0.05) is 31.6 Å². The molecule has 3 atom stereocenters. The van der Waals surface area contributed by atoms with Crippen LogP contribution in [0.5, 0.6) is 5.75 Å². The molecule has 13 nitrogen and oxygen atoms in total. The van der Waals surface area contributed by atoms with Crippen LogP contribution in [-0.2, 0) is 14.4 Å². The highest BCUT2D eigenvalue weighted by molar-refractivity contribution is 6.04. The van der Waals surface area contributed by atoms with Crippen LogP contribution >= 0.6 is 0 Å². The van der Waals surface area contributed by atoms with E-state index < -0.39 is 12.0 Å². The molecule has 2 fully saturated rings. The minimum Gasteiger partial charge on any atom is -0.495 e. The number of nitrogens with one attached hydrogen (secondary N) is 3. The van der Waals surface area contributed by atoms with Gasteiger partial charge < -0.3 is 35.6 Å². The van der Waals surface area contributed by atoms with Crippen molar-refractivity contribution in [2.75, 3.05) is 35.8 Å². The number of benzene rings is 1. The molecule has 50 heavy (non-hydrogen) atoms. The van der Waals surface area contributed by atoms with Crippen LogP contribution in [0.2, 0.25) is 0 Å². The normalized spacial score (nSPS) is 19.3. The van der Waals surface area contributed by atoms with Crippen molar-refractivity contribution in [3.63, 3.8) is 0 Å². The first-order valence-electron chi connectivity index (χ1n) is 18.2. The Labute approximate surface area is 294 Å². The summed E-state index contributed by atoms with van der Waals surface area (Å²) in [6.07, 6.45) is 11.3. The van der Waals surface area contributed by atoms with Crippen molar-refractivity contribution < 1.29 is 29.0 Å². The number of carboxylic acids is 1. The molecule has 1 unspecified atom stereocenters. The predicted octanol–water partition coefficient (Wildman–Crippen LogP) is 5.27. The van der Waals surface area contributed by atoms with Crippen LogP contribution in [0, 0.1) is 17.8 Å². The van der Waals surface area contributed by atoms with Gasteiger partial charge in [-0.15, -0.1) is 0 Å². The molecule has 0 saturated heterocycles. The third kappa shape index (κ3) is 8.13. The fraction of sp³-hybridized carbons (Fsp3) is 0.622. The molecule has 1 aromatic heterocycles. The summed E-state index contributed by atoms with van der Waals surface area (Å²) in [5, 5.41) is 18.8. The fourth-order valence-corrected chi connectivity index (χ4v) is 8.16. The number of fused-ring (bicyclic) bond motifs is 1. The maximum atomic E-state index is 13.2. The number of aromatic nitrogens is 2. The summed E-state index contributed by atoms with van der Waals surface area (Å²) in [5.41, 5.74) is 1.63. The van der Waals surface area contributed by atoms with Gasteiger partial charge in [0.15, 0.2) is 5.82 Å². The van der Waals surface area contributed by atoms with Crippen LogP contribution < -0.4 is 30.5 Å². The first-order valence-corrected chi connectivity index (χ1v) is 18.2. The minimum atomic E-state index is -0.998. The fourth-order valence-electron chi connectivity index (χ4n) is 8.16. The first-order chi connectivity index (χ1) is 24.0. The molecular weight excluding hydrogens is 638 g/mol. The van der Waals surface area contributed by atoms with Crippen molar-refractivity contribution in [2.45, 2.75) is 110 Å². The van der Waals surface area contributed by atoms with E-state index in [1.165, 1.54) is 7.11 Å². The Morgan fingerprint density at radius 3 is 2.42 bits per heavy atom. The molecule has 1 aromatic carbocycles. The van der Waals surface area contributed by atoms with E-state index in [9.17, 15) is 24.3 Å². The summed E-state index contributed by atoms with van der Waals surface area (Å²) in [5.74, 6) is 0.237. The average molecular weight is 692 g/mol. The Bertz CT molecular complexity index is 1540. The summed E-state index contributed by atoms with van der Waals surface area (Å²) in [4.78, 5) is 64.4. The first kappa shape index (κ1) is 36.9. The number of amides is 3. The Kier molecular flexibility index (Phi) is 12.2. The number of nitrogens with zero attached hydrogens (tertiary/aromatic N) is 4. The van der Waals surface area contributed by atoms with Crippen molar-refractivity contribution >= 4 is 46.8 Å². The van der Waals surface area contributed by atoms with Crippen LogP contribution in [0.1, 0.15) is 102 Å². The molecule has 13 heteroatoms. The molecular formula is C37H53N7O6. The molecule has 1 aliphatic heterocycles. The highest BCUT2D eigenvalue weighted by atomic mass is 16.5. The second kappa shape index (κ2) is 16.5. The van der Waals surface area contributed by atoms with E-state index in [1.807, 2.05) is 20.8 Å². The number of likely N-dealkylation sites (N-methyl/N-ethyl adjacent to an activating group) is 1. The number of ether oxygens (including phenoxy) is 1. The molecule has 3 aliphatic rings. The second-order valence-corrected chi connectivity index (χ2v) is 14.2.